The summed E-state index contributed by atoms with van der Waals surface area (Å²) in [5.74, 6) is -1.89. The number of aliphatic carboxylic acids is 1. The lowest BCUT2D eigenvalue weighted by molar-refractivity contribution is -0.143. The first-order chi connectivity index (χ1) is 12.4. The van der Waals surface area contributed by atoms with Gasteiger partial charge in [0.2, 0.25) is 0 Å². The van der Waals surface area contributed by atoms with E-state index < -0.39 is 11.9 Å². The molecule has 0 saturated heterocycles. The van der Waals surface area contributed by atoms with Crippen LogP contribution in [0.3, 0.4) is 0 Å². The average Bonchev–Trinajstić information content (AvgIpc) is 2.60. The molecule has 2 aromatic rings. The predicted octanol–water partition coefficient (Wildman–Crippen LogP) is 3.88. The molecule has 0 spiro atoms. The molecule has 5 nitrogen and oxygen atoms in total. The Morgan fingerprint density at radius 3 is 2.35 bits per heavy atom. The summed E-state index contributed by atoms with van der Waals surface area (Å²) in [4.78, 5) is 23.7. The molecule has 2 rings (SSSR count). The highest BCUT2D eigenvalue weighted by atomic mass is 16.4. The number of carboxylic acid groups (broad SMARTS) is 1. The molecule has 3 N–H and O–H groups in total. The number of ketones is 1. The lowest BCUT2D eigenvalue weighted by Crippen LogP contribution is -2.20. The van der Waals surface area contributed by atoms with Gasteiger partial charge >= 0.3 is 5.97 Å². The second-order valence-corrected chi connectivity index (χ2v) is 6.65. The summed E-state index contributed by atoms with van der Waals surface area (Å²) in [6.07, 6.45) is 1.09. The molecular weight excluding hydrogens is 332 g/mol. The van der Waals surface area contributed by atoms with Gasteiger partial charge in [-0.05, 0) is 36.0 Å². The van der Waals surface area contributed by atoms with E-state index in [9.17, 15) is 24.9 Å². The summed E-state index contributed by atoms with van der Waals surface area (Å²) in [5.41, 5.74) is 1.56. The number of carbonyl (C=O) groups excluding carboxylic acids is 1. The molecule has 0 aliphatic rings. The minimum atomic E-state index is -0.966. The number of hydrogen-bond acceptors (Lipinski definition) is 4. The van der Waals surface area contributed by atoms with Crippen molar-refractivity contribution in [3.8, 4) is 11.5 Å². The molecule has 2 atom stereocenters. The van der Waals surface area contributed by atoms with Crippen LogP contribution in [0.4, 0.5) is 0 Å². The summed E-state index contributed by atoms with van der Waals surface area (Å²) in [7, 11) is 0. The lowest BCUT2D eigenvalue weighted by Gasteiger charge is -2.15. The maximum atomic E-state index is 12.3. The highest BCUT2D eigenvalue weighted by Crippen LogP contribution is 2.31. The van der Waals surface area contributed by atoms with Gasteiger partial charge in [0.25, 0.3) is 0 Å². The van der Waals surface area contributed by atoms with Crippen LogP contribution in [0.1, 0.15) is 43.2 Å². The zero-order valence-corrected chi connectivity index (χ0v) is 14.8. The fourth-order valence-electron chi connectivity index (χ4n) is 3.00. The highest BCUT2D eigenvalue weighted by Gasteiger charge is 2.22. The Hall–Kier alpha value is -2.82. The maximum absolute atomic E-state index is 12.3. The van der Waals surface area contributed by atoms with Gasteiger partial charge in [0.05, 0.1) is 5.92 Å². The summed E-state index contributed by atoms with van der Waals surface area (Å²) in [5, 5.41) is 28.6. The summed E-state index contributed by atoms with van der Waals surface area (Å²) in [6.45, 7) is 1.89. The van der Waals surface area contributed by atoms with Gasteiger partial charge in [-0.2, -0.15) is 0 Å². The first kappa shape index (κ1) is 19.5. The second kappa shape index (κ2) is 9.04. The molecule has 138 valence electrons. The number of Topliss-reactive ketones (excluding diaryl/α,β-unsaturated/α-hetero) is 1. The fourth-order valence-corrected chi connectivity index (χ4v) is 3.00. The molecule has 2 aromatic carbocycles. The average molecular weight is 356 g/mol. The van der Waals surface area contributed by atoms with Crippen molar-refractivity contribution in [2.24, 2.45) is 5.92 Å². The van der Waals surface area contributed by atoms with Gasteiger partial charge in [-0.3, -0.25) is 9.59 Å². The number of phenols is 2. The first-order valence-electron chi connectivity index (χ1n) is 8.67. The van der Waals surface area contributed by atoms with Crippen LogP contribution in [0.5, 0.6) is 11.5 Å². The van der Waals surface area contributed by atoms with Crippen molar-refractivity contribution in [2.45, 2.75) is 38.5 Å². The van der Waals surface area contributed by atoms with Gasteiger partial charge in [0.1, 0.15) is 17.3 Å². The monoisotopic (exact) mass is 356 g/mol. The summed E-state index contributed by atoms with van der Waals surface area (Å²) < 4.78 is 0. The van der Waals surface area contributed by atoms with Gasteiger partial charge < -0.3 is 15.3 Å². The number of aromatic hydroxyl groups is 2. The number of rotatable bonds is 9. The van der Waals surface area contributed by atoms with E-state index >= 15 is 0 Å². The van der Waals surface area contributed by atoms with Crippen LogP contribution in [0, 0.1) is 5.92 Å². The Bertz CT molecular complexity index is 754. The molecule has 0 radical (unpaired) electrons. The van der Waals surface area contributed by atoms with E-state index in [0.29, 0.717) is 18.4 Å². The van der Waals surface area contributed by atoms with E-state index in [1.165, 1.54) is 12.1 Å². The van der Waals surface area contributed by atoms with Gasteiger partial charge in [-0.25, -0.2) is 0 Å². The van der Waals surface area contributed by atoms with Crippen molar-refractivity contribution >= 4 is 11.8 Å². The number of phenolic OH excluding ortho intramolecular Hbond substituents is 2. The Labute approximate surface area is 152 Å². The normalized spacial score (nSPS) is 13.1. The van der Waals surface area contributed by atoms with Crippen molar-refractivity contribution in [3.05, 3.63) is 59.7 Å². The highest BCUT2D eigenvalue weighted by molar-refractivity contribution is 5.84. The third-order valence-corrected chi connectivity index (χ3v) is 4.55. The van der Waals surface area contributed by atoms with Crippen molar-refractivity contribution < 1.29 is 24.9 Å². The summed E-state index contributed by atoms with van der Waals surface area (Å²) >= 11 is 0. The zero-order valence-electron chi connectivity index (χ0n) is 14.8. The van der Waals surface area contributed by atoms with Crippen LogP contribution in [-0.2, 0) is 16.0 Å². The van der Waals surface area contributed by atoms with Crippen LogP contribution < -0.4 is 0 Å². The number of hydrogen-bond donors (Lipinski definition) is 3. The number of carbonyl (C=O) groups is 2. The SMILES string of the molecule is CC(CCC(=O)CC(Cc1ccccc1)C(=O)O)c1ccc(O)cc1O. The van der Waals surface area contributed by atoms with Gasteiger partial charge in [0, 0.05) is 18.9 Å². The van der Waals surface area contributed by atoms with Gasteiger partial charge in [-0.15, -0.1) is 0 Å². The first-order valence-corrected chi connectivity index (χ1v) is 8.67. The van der Waals surface area contributed by atoms with Crippen LogP contribution in [0.25, 0.3) is 0 Å². The van der Waals surface area contributed by atoms with Gasteiger partial charge in [-0.1, -0.05) is 43.3 Å². The number of carboxylic acids is 1. The van der Waals surface area contributed by atoms with E-state index in [4.69, 9.17) is 0 Å². The molecule has 0 heterocycles. The smallest absolute Gasteiger partial charge is 0.307 e. The molecule has 5 heteroatoms. The predicted molar refractivity (Wildman–Crippen MR) is 98.3 cm³/mol. The van der Waals surface area contributed by atoms with E-state index in [1.54, 1.807) is 6.07 Å². The Morgan fingerprint density at radius 2 is 1.73 bits per heavy atom. The Balaban J connectivity index is 1.90. The molecule has 0 amide bonds. The Kier molecular flexibility index (Phi) is 6.78. The van der Waals surface area contributed by atoms with E-state index in [0.717, 1.165) is 5.56 Å². The largest absolute Gasteiger partial charge is 0.508 e. The molecule has 0 aliphatic heterocycles. The lowest BCUT2D eigenvalue weighted by atomic mass is 9.90. The molecule has 0 bridgehead atoms. The van der Waals surface area contributed by atoms with Crippen molar-refractivity contribution in [2.75, 3.05) is 0 Å². The topological polar surface area (TPSA) is 94.8 Å². The van der Waals surface area contributed by atoms with Crippen LogP contribution in [0.15, 0.2) is 48.5 Å². The third-order valence-electron chi connectivity index (χ3n) is 4.55. The van der Waals surface area contributed by atoms with E-state index in [1.807, 2.05) is 37.3 Å². The fraction of sp³-hybridized carbons (Fsp3) is 0.333. The molecule has 2 unspecified atom stereocenters. The zero-order chi connectivity index (χ0) is 19.1. The standard InChI is InChI=1S/C21H24O5/c1-14(19-10-9-18(23)13-20(19)24)7-8-17(22)12-16(21(25)26)11-15-5-3-2-4-6-15/h2-6,9-10,13-14,16,23-24H,7-8,11-12H2,1H3,(H,25,26). The minimum absolute atomic E-state index is 0.00148. The van der Waals surface area contributed by atoms with Crippen molar-refractivity contribution in [3.63, 3.8) is 0 Å². The van der Waals surface area contributed by atoms with Crippen molar-refractivity contribution in [1.82, 2.24) is 0 Å². The number of benzene rings is 2. The quantitative estimate of drug-likeness (QED) is 0.634. The van der Waals surface area contributed by atoms with E-state index in [-0.39, 0.29) is 36.0 Å². The molecule has 0 aliphatic carbocycles. The second-order valence-electron chi connectivity index (χ2n) is 6.65. The Morgan fingerprint density at radius 1 is 1.04 bits per heavy atom. The molecule has 0 saturated carbocycles. The molecular formula is C21H24O5. The van der Waals surface area contributed by atoms with Crippen LogP contribution in [0.2, 0.25) is 0 Å². The molecule has 26 heavy (non-hydrogen) atoms. The van der Waals surface area contributed by atoms with Gasteiger partial charge in [0.15, 0.2) is 0 Å². The van der Waals surface area contributed by atoms with E-state index in [2.05, 4.69) is 0 Å². The minimum Gasteiger partial charge on any atom is -0.508 e. The maximum Gasteiger partial charge on any atom is 0.307 e. The third kappa shape index (κ3) is 5.62. The summed E-state index contributed by atoms with van der Waals surface area (Å²) in [6, 6.07) is 13.7. The van der Waals surface area contributed by atoms with Crippen LogP contribution in [-0.4, -0.2) is 27.1 Å². The molecule has 0 aromatic heterocycles. The molecule has 0 fully saturated rings. The van der Waals surface area contributed by atoms with Crippen molar-refractivity contribution in [1.29, 1.82) is 0 Å². The van der Waals surface area contributed by atoms with Crippen LogP contribution >= 0.6 is 0 Å².